The molecule has 152 valence electrons. The van der Waals surface area contributed by atoms with Crippen LogP contribution in [0.3, 0.4) is 0 Å². The molecule has 6 heteroatoms. The van der Waals surface area contributed by atoms with Gasteiger partial charge in [0.05, 0.1) is 5.57 Å². The van der Waals surface area contributed by atoms with Crippen LogP contribution in [0.5, 0.6) is 0 Å². The minimum Gasteiger partial charge on any atom is -0.507 e. The maximum Gasteiger partial charge on any atom is 0.300 e. The van der Waals surface area contributed by atoms with E-state index in [1.165, 1.54) is 40.5 Å². The summed E-state index contributed by atoms with van der Waals surface area (Å²) in [5.41, 5.74) is 2.93. The minimum absolute atomic E-state index is 0.0409. The Bertz CT molecular complexity index is 1150. The van der Waals surface area contributed by atoms with Crippen LogP contribution >= 0.6 is 11.3 Å². The molecule has 2 aromatic carbocycles. The zero-order chi connectivity index (χ0) is 21.4. The molecule has 1 aliphatic rings. The van der Waals surface area contributed by atoms with Crippen molar-refractivity contribution in [2.75, 3.05) is 4.90 Å². The number of aryl methyl sites for hydroxylation is 2. The molecule has 0 spiro atoms. The highest BCUT2D eigenvalue weighted by Crippen LogP contribution is 2.44. The first-order valence-corrected chi connectivity index (χ1v) is 10.5. The molecule has 1 N–H and O–H groups in total. The van der Waals surface area contributed by atoms with Crippen LogP contribution in [0.15, 0.2) is 65.6 Å². The molecular weight excluding hydrogens is 401 g/mol. The van der Waals surface area contributed by atoms with Gasteiger partial charge in [0, 0.05) is 16.1 Å². The van der Waals surface area contributed by atoms with E-state index < -0.39 is 23.5 Å². The Hall–Kier alpha value is -3.25. The number of halogens is 1. The van der Waals surface area contributed by atoms with Gasteiger partial charge in [-0.05, 0) is 60.2 Å². The zero-order valence-corrected chi connectivity index (χ0v) is 17.4. The summed E-state index contributed by atoms with van der Waals surface area (Å²) in [6.45, 7) is 3.93. The van der Waals surface area contributed by atoms with Crippen molar-refractivity contribution < 1.29 is 19.1 Å². The normalized spacial score (nSPS) is 18.2. The van der Waals surface area contributed by atoms with Gasteiger partial charge in [0.15, 0.2) is 0 Å². The summed E-state index contributed by atoms with van der Waals surface area (Å²) in [6.07, 6.45) is 0.852. The fourth-order valence-corrected chi connectivity index (χ4v) is 4.69. The lowest BCUT2D eigenvalue weighted by atomic mass is 9.97. The lowest BCUT2D eigenvalue weighted by Crippen LogP contribution is -2.29. The number of hydrogen-bond donors (Lipinski definition) is 1. The molecule has 1 amide bonds. The molecule has 4 nitrogen and oxygen atoms in total. The third kappa shape index (κ3) is 3.33. The summed E-state index contributed by atoms with van der Waals surface area (Å²) >= 11 is 1.41. The monoisotopic (exact) mass is 421 g/mol. The number of nitrogens with zero attached hydrogens (tertiary/aromatic N) is 1. The second-order valence-corrected chi connectivity index (χ2v) is 8.11. The molecule has 1 unspecified atom stereocenters. The molecular formula is C24H20FNO3S. The first-order chi connectivity index (χ1) is 14.4. The van der Waals surface area contributed by atoms with Crippen LogP contribution in [-0.2, 0) is 16.0 Å². The summed E-state index contributed by atoms with van der Waals surface area (Å²) in [6, 6.07) is 13.8. The summed E-state index contributed by atoms with van der Waals surface area (Å²) in [5, 5.41) is 12.9. The Morgan fingerprint density at radius 3 is 2.30 bits per heavy atom. The highest BCUT2D eigenvalue weighted by Gasteiger charge is 2.47. The number of Topliss-reactive ketones (excluding diaryl/α,β-unsaturated/α-hetero) is 1. The van der Waals surface area contributed by atoms with E-state index in [0.29, 0.717) is 11.3 Å². The molecule has 30 heavy (non-hydrogen) atoms. The van der Waals surface area contributed by atoms with Crippen LogP contribution in [0.1, 0.15) is 34.5 Å². The smallest absolute Gasteiger partial charge is 0.300 e. The number of aliphatic hydroxyl groups excluding tert-OH is 1. The van der Waals surface area contributed by atoms with E-state index in [4.69, 9.17) is 0 Å². The molecule has 0 saturated carbocycles. The van der Waals surface area contributed by atoms with E-state index in [9.17, 15) is 19.1 Å². The van der Waals surface area contributed by atoms with Crippen molar-refractivity contribution in [2.45, 2.75) is 26.3 Å². The SMILES string of the molecule is CCc1ccc(/C(O)=C2/C(=O)C(=O)N(c3ccc(F)cc3)C2c2sccc2C)cc1. The average Bonchev–Trinajstić information content (AvgIpc) is 3.29. The number of amides is 1. The number of ketones is 1. The number of carbonyl (C=O) groups is 2. The van der Waals surface area contributed by atoms with Gasteiger partial charge in [-0.3, -0.25) is 14.5 Å². The van der Waals surface area contributed by atoms with Crippen molar-refractivity contribution in [1.82, 2.24) is 0 Å². The van der Waals surface area contributed by atoms with Gasteiger partial charge in [-0.1, -0.05) is 31.2 Å². The molecule has 3 aromatic rings. The summed E-state index contributed by atoms with van der Waals surface area (Å²) in [7, 11) is 0. The Balaban J connectivity index is 1.91. The molecule has 2 heterocycles. The number of hydrogen-bond acceptors (Lipinski definition) is 4. The average molecular weight is 421 g/mol. The van der Waals surface area contributed by atoms with Gasteiger partial charge >= 0.3 is 0 Å². The van der Waals surface area contributed by atoms with Crippen molar-refractivity contribution in [2.24, 2.45) is 0 Å². The van der Waals surface area contributed by atoms with Gasteiger partial charge in [0.2, 0.25) is 0 Å². The second-order valence-electron chi connectivity index (χ2n) is 7.16. The molecule has 1 saturated heterocycles. The fraction of sp³-hybridized carbons (Fsp3) is 0.167. The largest absolute Gasteiger partial charge is 0.507 e. The number of aliphatic hydroxyl groups is 1. The quantitative estimate of drug-likeness (QED) is 0.349. The maximum atomic E-state index is 13.5. The number of carbonyl (C=O) groups excluding carboxylic acids is 2. The van der Waals surface area contributed by atoms with Gasteiger partial charge in [-0.2, -0.15) is 0 Å². The van der Waals surface area contributed by atoms with E-state index in [2.05, 4.69) is 0 Å². The van der Waals surface area contributed by atoms with E-state index in [1.807, 2.05) is 37.4 Å². The van der Waals surface area contributed by atoms with Crippen molar-refractivity contribution in [3.63, 3.8) is 0 Å². The van der Waals surface area contributed by atoms with Crippen LogP contribution in [0.2, 0.25) is 0 Å². The highest BCUT2D eigenvalue weighted by molar-refractivity contribution is 7.10. The standard InChI is InChI=1S/C24H20FNO3S/c1-3-15-4-6-16(7-5-15)21(27)19-20(23-14(2)12-13-30-23)26(24(29)22(19)28)18-10-8-17(25)9-11-18/h4-13,20,27H,3H2,1-2H3/b21-19-. The van der Waals surface area contributed by atoms with Crippen molar-refractivity contribution in [3.05, 3.63) is 92.9 Å². The third-order valence-corrected chi connectivity index (χ3v) is 6.41. The Kier molecular flexibility index (Phi) is 5.26. The number of rotatable bonds is 4. The highest BCUT2D eigenvalue weighted by atomic mass is 32.1. The summed E-state index contributed by atoms with van der Waals surface area (Å²) in [4.78, 5) is 28.2. The molecule has 0 bridgehead atoms. The van der Waals surface area contributed by atoms with E-state index in [0.717, 1.165) is 22.4 Å². The fourth-order valence-electron chi connectivity index (χ4n) is 3.67. The molecule has 0 aliphatic carbocycles. The van der Waals surface area contributed by atoms with E-state index >= 15 is 0 Å². The van der Waals surface area contributed by atoms with Crippen LogP contribution in [0.25, 0.3) is 5.76 Å². The van der Waals surface area contributed by atoms with E-state index in [-0.39, 0.29) is 11.3 Å². The lowest BCUT2D eigenvalue weighted by molar-refractivity contribution is -0.132. The van der Waals surface area contributed by atoms with Gasteiger partial charge in [-0.15, -0.1) is 11.3 Å². The van der Waals surface area contributed by atoms with Crippen LogP contribution in [0.4, 0.5) is 10.1 Å². The maximum absolute atomic E-state index is 13.5. The van der Waals surface area contributed by atoms with Crippen LogP contribution in [0, 0.1) is 12.7 Å². The van der Waals surface area contributed by atoms with Gasteiger partial charge in [0.1, 0.15) is 17.6 Å². The van der Waals surface area contributed by atoms with Crippen LogP contribution < -0.4 is 4.90 Å². The van der Waals surface area contributed by atoms with Gasteiger partial charge in [-0.25, -0.2) is 4.39 Å². The second kappa shape index (κ2) is 7.88. The molecule has 4 rings (SSSR count). The van der Waals surface area contributed by atoms with Crippen molar-refractivity contribution in [1.29, 1.82) is 0 Å². The number of thiophene rings is 1. The molecule has 1 fully saturated rings. The Labute approximate surface area is 177 Å². The first-order valence-electron chi connectivity index (χ1n) is 9.62. The lowest BCUT2D eigenvalue weighted by Gasteiger charge is -2.25. The molecule has 1 aromatic heterocycles. The first kappa shape index (κ1) is 20.0. The molecule has 1 atom stereocenters. The molecule has 1 aliphatic heterocycles. The minimum atomic E-state index is -0.777. The van der Waals surface area contributed by atoms with E-state index in [1.54, 1.807) is 12.1 Å². The number of benzene rings is 2. The van der Waals surface area contributed by atoms with Crippen molar-refractivity contribution >= 4 is 34.5 Å². The van der Waals surface area contributed by atoms with Gasteiger partial charge < -0.3 is 5.11 Å². The predicted molar refractivity (Wildman–Crippen MR) is 116 cm³/mol. The van der Waals surface area contributed by atoms with Crippen molar-refractivity contribution in [3.8, 4) is 0 Å². The topological polar surface area (TPSA) is 57.6 Å². The zero-order valence-electron chi connectivity index (χ0n) is 16.6. The summed E-state index contributed by atoms with van der Waals surface area (Å²) in [5.74, 6) is -2.14. The third-order valence-electron chi connectivity index (χ3n) is 5.33. The predicted octanol–water partition coefficient (Wildman–Crippen LogP) is 5.38. The summed E-state index contributed by atoms with van der Waals surface area (Å²) < 4.78 is 13.5. The Morgan fingerprint density at radius 2 is 1.73 bits per heavy atom. The number of anilines is 1. The van der Waals surface area contributed by atoms with Crippen LogP contribution in [-0.4, -0.2) is 16.8 Å². The Morgan fingerprint density at radius 1 is 1.07 bits per heavy atom. The molecule has 0 radical (unpaired) electrons. The van der Waals surface area contributed by atoms with Gasteiger partial charge in [0.25, 0.3) is 11.7 Å².